The summed E-state index contributed by atoms with van der Waals surface area (Å²) in [7, 11) is 1.76. The molecule has 0 bridgehead atoms. The summed E-state index contributed by atoms with van der Waals surface area (Å²) < 4.78 is 39.7. The van der Waals surface area contributed by atoms with Crippen molar-refractivity contribution in [3.05, 3.63) is 30.5 Å². The molecule has 0 amide bonds. The van der Waals surface area contributed by atoms with E-state index in [4.69, 9.17) is 0 Å². The molecule has 2 aromatic rings. The maximum Gasteiger partial charge on any atom is 0.417 e. The maximum atomic E-state index is 12.7. The zero-order valence-electron chi connectivity index (χ0n) is 10.9. The van der Waals surface area contributed by atoms with Crippen molar-refractivity contribution in [2.75, 3.05) is 18.0 Å². The molecule has 2 aromatic heterocycles. The van der Waals surface area contributed by atoms with Crippen LogP contribution in [-0.2, 0) is 13.2 Å². The average Bonchev–Trinajstić information content (AvgIpc) is 2.64. The van der Waals surface area contributed by atoms with Gasteiger partial charge in [-0.25, -0.2) is 9.97 Å². The molecular weight excluding hydrogens is 269 g/mol. The highest BCUT2D eigenvalue weighted by molar-refractivity contribution is 5.75. The number of aryl methyl sites for hydroxylation is 1. The predicted molar refractivity (Wildman–Crippen MR) is 69.4 cm³/mol. The summed E-state index contributed by atoms with van der Waals surface area (Å²) in [4.78, 5) is 10.2. The molecule has 1 saturated heterocycles. The number of hydrogen-bond donors (Lipinski definition) is 0. The molecule has 4 nitrogen and oxygen atoms in total. The first-order valence-corrected chi connectivity index (χ1v) is 6.17. The van der Waals surface area contributed by atoms with Crippen molar-refractivity contribution in [1.82, 2.24) is 14.5 Å². The standard InChI is InChI=1S/C13H13F3N4/c1-3-8-6-20(7-8)12-18-10-4-9(13(14,15)16)5-17-11(10)19(12)2/h3-5,8H,1,6-7H2,2H3. The summed E-state index contributed by atoms with van der Waals surface area (Å²) in [6.07, 6.45) is -1.68. The van der Waals surface area contributed by atoms with Gasteiger partial charge < -0.3 is 4.90 Å². The number of alkyl halides is 3. The Morgan fingerprint density at radius 1 is 1.40 bits per heavy atom. The lowest BCUT2D eigenvalue weighted by Gasteiger charge is -2.38. The highest BCUT2D eigenvalue weighted by atomic mass is 19.4. The Bertz CT molecular complexity index is 668. The molecule has 0 aromatic carbocycles. The molecule has 1 aliphatic heterocycles. The van der Waals surface area contributed by atoms with E-state index < -0.39 is 11.7 Å². The molecule has 0 atom stereocenters. The number of pyridine rings is 1. The third kappa shape index (κ3) is 1.93. The molecule has 7 heteroatoms. The number of imidazole rings is 1. The summed E-state index contributed by atoms with van der Waals surface area (Å²) in [6.45, 7) is 5.29. The van der Waals surface area contributed by atoms with Gasteiger partial charge in [0.25, 0.3) is 0 Å². The largest absolute Gasteiger partial charge is 0.417 e. The fourth-order valence-electron chi connectivity index (χ4n) is 2.33. The lowest BCUT2D eigenvalue weighted by atomic mass is 10.0. The van der Waals surface area contributed by atoms with Crippen molar-refractivity contribution >= 4 is 17.1 Å². The van der Waals surface area contributed by atoms with E-state index in [0.29, 0.717) is 17.5 Å². The smallest absolute Gasteiger partial charge is 0.341 e. The predicted octanol–water partition coefficient (Wildman–Crippen LogP) is 2.61. The first-order chi connectivity index (χ1) is 9.40. The summed E-state index contributed by atoms with van der Waals surface area (Å²) in [5.41, 5.74) is -0.0586. The minimum atomic E-state index is -4.40. The van der Waals surface area contributed by atoms with E-state index in [0.717, 1.165) is 25.4 Å². The van der Waals surface area contributed by atoms with E-state index >= 15 is 0 Å². The number of nitrogens with zero attached hydrogens (tertiary/aromatic N) is 4. The van der Waals surface area contributed by atoms with Gasteiger partial charge in [-0.05, 0) is 6.07 Å². The third-order valence-corrected chi connectivity index (χ3v) is 3.54. The van der Waals surface area contributed by atoms with E-state index in [1.807, 2.05) is 11.0 Å². The molecule has 0 aliphatic carbocycles. The summed E-state index contributed by atoms with van der Waals surface area (Å²) in [5.74, 6) is 1.05. The molecule has 0 N–H and O–H groups in total. The number of rotatable bonds is 2. The second kappa shape index (κ2) is 4.22. The van der Waals surface area contributed by atoms with Crippen LogP contribution in [0.2, 0.25) is 0 Å². The van der Waals surface area contributed by atoms with Gasteiger partial charge >= 0.3 is 6.18 Å². The molecular formula is C13H13F3N4. The van der Waals surface area contributed by atoms with Crippen molar-refractivity contribution < 1.29 is 13.2 Å². The van der Waals surface area contributed by atoms with Crippen LogP contribution >= 0.6 is 0 Å². The first kappa shape index (κ1) is 13.0. The second-order valence-electron chi connectivity index (χ2n) is 4.94. The van der Waals surface area contributed by atoms with Gasteiger partial charge in [-0.15, -0.1) is 6.58 Å². The fourth-order valence-corrected chi connectivity index (χ4v) is 2.33. The van der Waals surface area contributed by atoms with Gasteiger partial charge in [0.2, 0.25) is 5.95 Å². The number of hydrogen-bond acceptors (Lipinski definition) is 3. The van der Waals surface area contributed by atoms with Crippen molar-refractivity contribution in [1.29, 1.82) is 0 Å². The Morgan fingerprint density at radius 2 is 2.10 bits per heavy atom. The Balaban J connectivity index is 2.00. The SMILES string of the molecule is C=CC1CN(c2nc3cc(C(F)(F)F)cnc3n2C)C1. The minimum Gasteiger partial charge on any atom is -0.341 e. The molecule has 0 radical (unpaired) electrons. The van der Waals surface area contributed by atoms with E-state index in [1.54, 1.807) is 11.6 Å². The fraction of sp³-hybridized carbons (Fsp3) is 0.385. The molecule has 1 aliphatic rings. The molecule has 1 fully saturated rings. The third-order valence-electron chi connectivity index (χ3n) is 3.54. The second-order valence-corrected chi connectivity index (χ2v) is 4.94. The van der Waals surface area contributed by atoms with Crippen LogP contribution in [0.4, 0.5) is 19.1 Å². The van der Waals surface area contributed by atoms with Gasteiger partial charge in [-0.3, -0.25) is 4.57 Å². The van der Waals surface area contributed by atoms with Crippen molar-refractivity contribution in [2.45, 2.75) is 6.18 Å². The highest BCUT2D eigenvalue weighted by Crippen LogP contribution is 2.32. The molecule has 0 unspecified atom stereocenters. The average molecular weight is 282 g/mol. The van der Waals surface area contributed by atoms with E-state index in [2.05, 4.69) is 16.5 Å². The summed E-state index contributed by atoms with van der Waals surface area (Å²) in [5, 5.41) is 0. The molecule has 20 heavy (non-hydrogen) atoms. The van der Waals surface area contributed by atoms with Gasteiger partial charge in [0, 0.05) is 32.3 Å². The van der Waals surface area contributed by atoms with Crippen molar-refractivity contribution in [3.63, 3.8) is 0 Å². The van der Waals surface area contributed by atoms with Crippen LogP contribution in [0.25, 0.3) is 11.2 Å². The number of anilines is 1. The van der Waals surface area contributed by atoms with E-state index in [-0.39, 0.29) is 5.52 Å². The maximum absolute atomic E-state index is 12.7. The minimum absolute atomic E-state index is 0.263. The zero-order chi connectivity index (χ0) is 14.5. The lowest BCUT2D eigenvalue weighted by Crippen LogP contribution is -2.46. The number of fused-ring (bicyclic) bond motifs is 1. The van der Waals surface area contributed by atoms with Gasteiger partial charge in [-0.2, -0.15) is 13.2 Å². The van der Waals surface area contributed by atoms with Gasteiger partial charge in [0.05, 0.1) is 5.56 Å². The number of halogens is 3. The van der Waals surface area contributed by atoms with Crippen LogP contribution in [0.3, 0.4) is 0 Å². The number of aromatic nitrogens is 3. The van der Waals surface area contributed by atoms with E-state index in [1.165, 1.54) is 0 Å². The monoisotopic (exact) mass is 282 g/mol. The Morgan fingerprint density at radius 3 is 2.70 bits per heavy atom. The van der Waals surface area contributed by atoms with Crippen molar-refractivity contribution in [3.8, 4) is 0 Å². The van der Waals surface area contributed by atoms with Crippen LogP contribution in [0.15, 0.2) is 24.9 Å². The van der Waals surface area contributed by atoms with Crippen molar-refractivity contribution in [2.24, 2.45) is 13.0 Å². The van der Waals surface area contributed by atoms with Gasteiger partial charge in [-0.1, -0.05) is 6.08 Å². The quantitative estimate of drug-likeness (QED) is 0.794. The normalized spacial score (nSPS) is 16.5. The topological polar surface area (TPSA) is 34.0 Å². The lowest BCUT2D eigenvalue weighted by molar-refractivity contribution is -0.137. The first-order valence-electron chi connectivity index (χ1n) is 6.17. The van der Waals surface area contributed by atoms with Crippen LogP contribution in [0.5, 0.6) is 0 Å². The van der Waals surface area contributed by atoms with Gasteiger partial charge in [0.15, 0.2) is 5.65 Å². The Kier molecular flexibility index (Phi) is 2.74. The molecule has 0 spiro atoms. The van der Waals surface area contributed by atoms with Gasteiger partial charge in [0.1, 0.15) is 5.52 Å². The zero-order valence-corrected chi connectivity index (χ0v) is 10.9. The molecule has 3 heterocycles. The van der Waals surface area contributed by atoms with E-state index in [9.17, 15) is 13.2 Å². The van der Waals surface area contributed by atoms with Crippen LogP contribution < -0.4 is 4.90 Å². The Hall–Kier alpha value is -2.05. The molecule has 106 valence electrons. The summed E-state index contributed by atoms with van der Waals surface area (Å²) >= 11 is 0. The summed E-state index contributed by atoms with van der Waals surface area (Å²) in [6, 6.07) is 1.04. The highest BCUT2D eigenvalue weighted by Gasteiger charge is 2.33. The molecule has 0 saturated carbocycles. The van der Waals surface area contributed by atoms with Crippen LogP contribution in [-0.4, -0.2) is 27.6 Å². The van der Waals surface area contributed by atoms with Crippen LogP contribution in [0.1, 0.15) is 5.56 Å². The Labute approximate surface area is 113 Å². The van der Waals surface area contributed by atoms with Crippen LogP contribution in [0, 0.1) is 5.92 Å². The molecule has 3 rings (SSSR count).